The van der Waals surface area contributed by atoms with E-state index < -0.39 is 4.92 Å². The van der Waals surface area contributed by atoms with Gasteiger partial charge in [0.1, 0.15) is 0 Å². The number of nitro groups is 1. The lowest BCUT2D eigenvalue weighted by molar-refractivity contribution is -0.384. The van der Waals surface area contributed by atoms with E-state index in [0.29, 0.717) is 0 Å². The molecule has 0 fully saturated rings. The maximum atomic E-state index is 12.1. The van der Waals surface area contributed by atoms with E-state index in [0.717, 1.165) is 0 Å². The highest BCUT2D eigenvalue weighted by Crippen LogP contribution is 2.23. The second-order valence-corrected chi connectivity index (χ2v) is 5.02. The van der Waals surface area contributed by atoms with Crippen molar-refractivity contribution in [3.63, 3.8) is 0 Å². The van der Waals surface area contributed by atoms with E-state index in [2.05, 4.69) is 0 Å². The minimum Gasteiger partial charge on any atom is -0.294 e. The van der Waals surface area contributed by atoms with Crippen molar-refractivity contribution in [3.05, 3.63) is 39.4 Å². The van der Waals surface area contributed by atoms with Crippen molar-refractivity contribution in [3.8, 4) is 0 Å². The average molecular weight is 263 g/mol. The van der Waals surface area contributed by atoms with Gasteiger partial charge in [0, 0.05) is 35.1 Å². The third-order valence-electron chi connectivity index (χ3n) is 2.79. The summed E-state index contributed by atoms with van der Waals surface area (Å²) in [5.74, 6) is -1.02. The van der Waals surface area contributed by atoms with E-state index in [1.165, 1.54) is 18.2 Å². The molecule has 0 unspecified atom stereocenters. The summed E-state index contributed by atoms with van der Waals surface area (Å²) in [5, 5.41) is 10.8. The molecule has 0 amide bonds. The Kier molecular flexibility index (Phi) is 4.53. The SMILES string of the molecule is CC(C)C(=O)c1ccc([N+](=O)[O-])cc1C(=O)C(C)C. The lowest BCUT2D eigenvalue weighted by Gasteiger charge is -2.11. The van der Waals surface area contributed by atoms with Crippen LogP contribution in [0.4, 0.5) is 5.69 Å². The fourth-order valence-electron chi connectivity index (χ4n) is 1.69. The smallest absolute Gasteiger partial charge is 0.270 e. The number of hydrogen-bond acceptors (Lipinski definition) is 4. The van der Waals surface area contributed by atoms with Gasteiger partial charge in [-0.25, -0.2) is 0 Å². The first-order valence-electron chi connectivity index (χ1n) is 6.12. The van der Waals surface area contributed by atoms with Crippen LogP contribution in [0.1, 0.15) is 48.4 Å². The molecule has 0 saturated carbocycles. The van der Waals surface area contributed by atoms with Crippen LogP contribution >= 0.6 is 0 Å². The summed E-state index contributed by atoms with van der Waals surface area (Å²) < 4.78 is 0. The summed E-state index contributed by atoms with van der Waals surface area (Å²) in [6, 6.07) is 3.82. The molecule has 5 heteroatoms. The third kappa shape index (κ3) is 3.24. The van der Waals surface area contributed by atoms with Crippen molar-refractivity contribution >= 4 is 17.3 Å². The van der Waals surface area contributed by atoms with Gasteiger partial charge in [-0.1, -0.05) is 27.7 Å². The summed E-state index contributed by atoms with van der Waals surface area (Å²) in [7, 11) is 0. The molecule has 102 valence electrons. The Morgan fingerprint density at radius 3 is 1.89 bits per heavy atom. The van der Waals surface area contributed by atoms with Crippen LogP contribution in [0.2, 0.25) is 0 Å². The predicted octanol–water partition coefficient (Wildman–Crippen LogP) is 3.27. The number of nitro benzene ring substituents is 1. The minimum absolute atomic E-state index is 0.142. The van der Waals surface area contributed by atoms with Crippen molar-refractivity contribution in [1.82, 2.24) is 0 Å². The van der Waals surface area contributed by atoms with Gasteiger partial charge in [-0.15, -0.1) is 0 Å². The fraction of sp³-hybridized carbons (Fsp3) is 0.429. The minimum atomic E-state index is -0.569. The van der Waals surface area contributed by atoms with Crippen molar-refractivity contribution in [2.75, 3.05) is 0 Å². The molecule has 0 aliphatic carbocycles. The zero-order chi connectivity index (χ0) is 14.7. The third-order valence-corrected chi connectivity index (χ3v) is 2.79. The van der Waals surface area contributed by atoms with Crippen LogP contribution in [0.3, 0.4) is 0 Å². The normalized spacial score (nSPS) is 10.8. The Balaban J connectivity index is 3.43. The fourth-order valence-corrected chi connectivity index (χ4v) is 1.69. The van der Waals surface area contributed by atoms with Crippen molar-refractivity contribution in [2.24, 2.45) is 11.8 Å². The van der Waals surface area contributed by atoms with Crippen LogP contribution in [0, 0.1) is 22.0 Å². The maximum absolute atomic E-state index is 12.1. The van der Waals surface area contributed by atoms with E-state index in [1.807, 2.05) is 0 Å². The number of Topliss-reactive ketones (excluding diaryl/α,β-unsaturated/α-hetero) is 2. The zero-order valence-electron chi connectivity index (χ0n) is 11.5. The van der Waals surface area contributed by atoms with Gasteiger partial charge in [0.25, 0.3) is 5.69 Å². The van der Waals surface area contributed by atoms with Gasteiger partial charge in [0.15, 0.2) is 11.6 Å². The highest BCUT2D eigenvalue weighted by Gasteiger charge is 2.23. The monoisotopic (exact) mass is 263 g/mol. The molecule has 0 heterocycles. The number of nitrogens with zero attached hydrogens (tertiary/aromatic N) is 1. The molecule has 0 saturated heterocycles. The molecule has 0 spiro atoms. The average Bonchev–Trinajstić information content (AvgIpc) is 2.35. The van der Waals surface area contributed by atoms with E-state index in [4.69, 9.17) is 0 Å². The van der Waals surface area contributed by atoms with Crippen LogP contribution in [0.15, 0.2) is 18.2 Å². The second-order valence-electron chi connectivity index (χ2n) is 5.02. The molecule has 0 radical (unpaired) electrons. The molecule has 0 aromatic heterocycles. The van der Waals surface area contributed by atoms with Crippen LogP contribution < -0.4 is 0 Å². The highest BCUT2D eigenvalue weighted by atomic mass is 16.6. The molecular weight excluding hydrogens is 246 g/mol. The Morgan fingerprint density at radius 1 is 1.00 bits per heavy atom. The number of benzene rings is 1. The van der Waals surface area contributed by atoms with Gasteiger partial charge in [0.2, 0.25) is 0 Å². The molecule has 1 aromatic carbocycles. The number of ketones is 2. The maximum Gasteiger partial charge on any atom is 0.270 e. The van der Waals surface area contributed by atoms with Crippen molar-refractivity contribution < 1.29 is 14.5 Å². The first-order valence-corrected chi connectivity index (χ1v) is 6.12. The Morgan fingerprint density at radius 2 is 1.47 bits per heavy atom. The van der Waals surface area contributed by atoms with Crippen molar-refractivity contribution in [1.29, 1.82) is 0 Å². The Hall–Kier alpha value is -2.04. The number of carbonyl (C=O) groups excluding carboxylic acids is 2. The summed E-state index contributed by atoms with van der Waals surface area (Å²) >= 11 is 0. The lowest BCUT2D eigenvalue weighted by atomic mass is 9.90. The number of rotatable bonds is 5. The molecule has 0 atom stereocenters. The van der Waals surface area contributed by atoms with Gasteiger partial charge in [-0.05, 0) is 6.07 Å². The number of non-ortho nitro benzene ring substituents is 1. The van der Waals surface area contributed by atoms with Gasteiger partial charge >= 0.3 is 0 Å². The van der Waals surface area contributed by atoms with Gasteiger partial charge in [-0.2, -0.15) is 0 Å². The Bertz CT molecular complexity index is 532. The topological polar surface area (TPSA) is 77.3 Å². The molecule has 0 N–H and O–H groups in total. The standard InChI is InChI=1S/C14H17NO4/c1-8(2)13(16)11-6-5-10(15(18)19)7-12(11)14(17)9(3)4/h5-9H,1-4H3. The van der Waals surface area contributed by atoms with Gasteiger partial charge in [0.05, 0.1) is 4.92 Å². The summed E-state index contributed by atoms with van der Waals surface area (Å²) in [4.78, 5) is 34.3. The first-order chi connectivity index (χ1) is 8.75. The van der Waals surface area contributed by atoms with Crippen molar-refractivity contribution in [2.45, 2.75) is 27.7 Å². The van der Waals surface area contributed by atoms with Crippen LogP contribution in [-0.2, 0) is 0 Å². The van der Waals surface area contributed by atoms with E-state index >= 15 is 0 Å². The Labute approximate surface area is 111 Å². The van der Waals surface area contributed by atoms with Crippen LogP contribution in [-0.4, -0.2) is 16.5 Å². The quantitative estimate of drug-likeness (QED) is 0.464. The molecular formula is C14H17NO4. The van der Waals surface area contributed by atoms with E-state index in [9.17, 15) is 19.7 Å². The largest absolute Gasteiger partial charge is 0.294 e. The first kappa shape index (κ1) is 15.0. The summed E-state index contributed by atoms with van der Waals surface area (Å²) in [6.45, 7) is 6.86. The van der Waals surface area contributed by atoms with Crippen LogP contribution in [0.25, 0.3) is 0 Å². The summed E-state index contributed by atoms with van der Waals surface area (Å²) in [6.07, 6.45) is 0. The molecule has 0 aliphatic heterocycles. The number of carbonyl (C=O) groups is 2. The second kappa shape index (κ2) is 5.73. The molecule has 19 heavy (non-hydrogen) atoms. The molecule has 1 rings (SSSR count). The molecule has 5 nitrogen and oxygen atoms in total. The predicted molar refractivity (Wildman–Crippen MR) is 71.4 cm³/mol. The zero-order valence-corrected chi connectivity index (χ0v) is 11.5. The van der Waals surface area contributed by atoms with Gasteiger partial charge < -0.3 is 0 Å². The molecule has 1 aromatic rings. The lowest BCUT2D eigenvalue weighted by Crippen LogP contribution is -2.17. The summed E-state index contributed by atoms with van der Waals surface area (Å²) in [5.41, 5.74) is 0.228. The molecule has 0 bridgehead atoms. The van der Waals surface area contributed by atoms with Crippen LogP contribution in [0.5, 0.6) is 0 Å². The highest BCUT2D eigenvalue weighted by molar-refractivity contribution is 6.10. The van der Waals surface area contributed by atoms with E-state index in [-0.39, 0.29) is 40.2 Å². The van der Waals surface area contributed by atoms with E-state index in [1.54, 1.807) is 27.7 Å². The molecule has 0 aliphatic rings. The van der Waals surface area contributed by atoms with Gasteiger partial charge in [-0.3, -0.25) is 19.7 Å². The number of hydrogen-bond donors (Lipinski definition) is 0.